The minimum atomic E-state index is -1.54. The van der Waals surface area contributed by atoms with Crippen LogP contribution in [-0.4, -0.2) is 44.8 Å². The van der Waals surface area contributed by atoms with E-state index in [2.05, 4.69) is 31.6 Å². The van der Waals surface area contributed by atoms with Gasteiger partial charge in [-0.05, 0) is 33.6 Å². The third-order valence-electron chi connectivity index (χ3n) is 3.59. The van der Waals surface area contributed by atoms with Crippen molar-refractivity contribution in [3.63, 3.8) is 0 Å². The van der Waals surface area contributed by atoms with Gasteiger partial charge in [0.25, 0.3) is 0 Å². The van der Waals surface area contributed by atoms with Crippen LogP contribution in [-0.2, 0) is 19.1 Å². The molecule has 0 aromatic carbocycles. The molecular weight excluding hydrogens is 294 g/mol. The molecule has 0 amide bonds. The van der Waals surface area contributed by atoms with Crippen molar-refractivity contribution in [1.82, 2.24) is 0 Å². The number of esters is 2. The van der Waals surface area contributed by atoms with Crippen LogP contribution in [0.3, 0.4) is 0 Å². The summed E-state index contributed by atoms with van der Waals surface area (Å²) in [5.74, 6) is 7.00. The second-order valence-electron chi connectivity index (χ2n) is 5.07. The highest BCUT2D eigenvalue weighted by atomic mass is 16.6. The summed E-state index contributed by atoms with van der Waals surface area (Å²) in [5.41, 5.74) is -1.54. The first-order chi connectivity index (χ1) is 11.0. The number of hydrogen-bond donors (Lipinski definition) is 1. The van der Waals surface area contributed by atoms with Gasteiger partial charge in [-0.1, -0.05) is 5.92 Å². The molecular formula is C18H28NO4+. The van der Waals surface area contributed by atoms with E-state index < -0.39 is 17.4 Å². The molecule has 0 unspecified atom stereocenters. The van der Waals surface area contributed by atoms with Gasteiger partial charge in [-0.2, -0.15) is 0 Å². The SMILES string of the molecule is C#CCC(CC#CC[NH+](CC)CC)(C(=O)OCC)C(=O)OCC. The Morgan fingerprint density at radius 1 is 0.957 bits per heavy atom. The smallest absolute Gasteiger partial charge is 0.325 e. The monoisotopic (exact) mass is 322 g/mol. The average molecular weight is 322 g/mol. The number of ether oxygens (including phenoxy) is 2. The van der Waals surface area contributed by atoms with E-state index in [1.54, 1.807) is 13.8 Å². The molecule has 0 aliphatic carbocycles. The van der Waals surface area contributed by atoms with E-state index in [9.17, 15) is 9.59 Å². The zero-order chi connectivity index (χ0) is 17.7. The van der Waals surface area contributed by atoms with Crippen molar-refractivity contribution >= 4 is 11.9 Å². The Kier molecular flexibility index (Phi) is 10.6. The van der Waals surface area contributed by atoms with Crippen molar-refractivity contribution in [3.8, 4) is 24.2 Å². The van der Waals surface area contributed by atoms with Gasteiger partial charge in [0.05, 0.1) is 26.3 Å². The van der Waals surface area contributed by atoms with Crippen LogP contribution in [0.25, 0.3) is 0 Å². The molecule has 0 aliphatic rings. The quantitative estimate of drug-likeness (QED) is 0.380. The Morgan fingerprint density at radius 2 is 1.48 bits per heavy atom. The summed E-state index contributed by atoms with van der Waals surface area (Å²) in [5, 5.41) is 0. The van der Waals surface area contributed by atoms with Crippen molar-refractivity contribution in [2.24, 2.45) is 5.41 Å². The first-order valence-electron chi connectivity index (χ1n) is 8.09. The number of carbonyl (C=O) groups excluding carboxylic acids is 2. The van der Waals surface area contributed by atoms with E-state index in [1.165, 1.54) is 4.90 Å². The predicted octanol–water partition coefficient (Wildman–Crippen LogP) is 0.441. The molecule has 0 saturated carbocycles. The Morgan fingerprint density at radius 3 is 1.87 bits per heavy atom. The highest BCUT2D eigenvalue weighted by molar-refractivity contribution is 6.00. The molecule has 5 heteroatoms. The molecule has 0 aromatic rings. The van der Waals surface area contributed by atoms with Gasteiger partial charge in [0.2, 0.25) is 0 Å². The van der Waals surface area contributed by atoms with Crippen molar-refractivity contribution in [3.05, 3.63) is 0 Å². The summed E-state index contributed by atoms with van der Waals surface area (Å²) < 4.78 is 10.1. The van der Waals surface area contributed by atoms with E-state index in [0.29, 0.717) is 6.54 Å². The molecule has 1 N–H and O–H groups in total. The highest BCUT2D eigenvalue weighted by Crippen LogP contribution is 2.30. The fourth-order valence-electron chi connectivity index (χ4n) is 2.05. The zero-order valence-corrected chi connectivity index (χ0v) is 14.7. The van der Waals surface area contributed by atoms with Crippen LogP contribution in [0, 0.1) is 29.6 Å². The average Bonchev–Trinajstić information content (AvgIpc) is 2.54. The molecule has 0 heterocycles. The van der Waals surface area contributed by atoms with Crippen LogP contribution in [0.2, 0.25) is 0 Å². The summed E-state index contributed by atoms with van der Waals surface area (Å²) in [6.45, 7) is 10.5. The van der Waals surface area contributed by atoms with Crippen LogP contribution in [0.15, 0.2) is 0 Å². The topological polar surface area (TPSA) is 57.0 Å². The first-order valence-corrected chi connectivity index (χ1v) is 8.09. The van der Waals surface area contributed by atoms with E-state index >= 15 is 0 Å². The number of carbonyl (C=O) groups is 2. The fraction of sp³-hybridized carbons (Fsp3) is 0.667. The molecule has 0 bridgehead atoms. The number of rotatable bonds is 9. The van der Waals surface area contributed by atoms with Crippen molar-refractivity contribution in [1.29, 1.82) is 0 Å². The van der Waals surface area contributed by atoms with Gasteiger partial charge in [0, 0.05) is 12.8 Å². The lowest BCUT2D eigenvalue weighted by atomic mass is 9.81. The first kappa shape index (κ1) is 21.0. The van der Waals surface area contributed by atoms with Crippen molar-refractivity contribution < 1.29 is 24.0 Å². The van der Waals surface area contributed by atoms with Gasteiger partial charge < -0.3 is 14.4 Å². The normalized spacial score (nSPS) is 10.4. The molecule has 0 rings (SSSR count). The third kappa shape index (κ3) is 6.34. The predicted molar refractivity (Wildman–Crippen MR) is 88.5 cm³/mol. The van der Waals surface area contributed by atoms with Gasteiger partial charge in [0.15, 0.2) is 5.41 Å². The number of quaternary nitrogens is 1. The number of terminal acetylenes is 1. The maximum atomic E-state index is 12.3. The van der Waals surface area contributed by atoms with E-state index in [1.807, 2.05) is 0 Å². The third-order valence-corrected chi connectivity index (χ3v) is 3.59. The van der Waals surface area contributed by atoms with E-state index in [0.717, 1.165) is 13.1 Å². The second-order valence-corrected chi connectivity index (χ2v) is 5.07. The van der Waals surface area contributed by atoms with Gasteiger partial charge >= 0.3 is 11.9 Å². The molecule has 0 radical (unpaired) electrons. The Bertz CT molecular complexity index is 459. The van der Waals surface area contributed by atoms with Crippen LogP contribution >= 0.6 is 0 Å². The molecule has 128 valence electrons. The Balaban J connectivity index is 5.32. The van der Waals surface area contributed by atoms with Crippen LogP contribution in [0.4, 0.5) is 0 Å². The van der Waals surface area contributed by atoms with Crippen molar-refractivity contribution in [2.75, 3.05) is 32.8 Å². The molecule has 0 atom stereocenters. The van der Waals surface area contributed by atoms with Crippen LogP contribution in [0.1, 0.15) is 40.5 Å². The van der Waals surface area contributed by atoms with Crippen LogP contribution < -0.4 is 4.90 Å². The summed E-state index contributed by atoms with van der Waals surface area (Å²) in [6, 6.07) is 0. The maximum absolute atomic E-state index is 12.3. The standard InChI is InChI=1S/C18H27NO4/c1-6-13-18(16(20)22-9-4,17(21)23-10-5)14-11-12-15-19(7-2)8-3/h1H,7-10,13-15H2,2-5H3/p+1. The van der Waals surface area contributed by atoms with Crippen LogP contribution in [0.5, 0.6) is 0 Å². The number of hydrogen-bond acceptors (Lipinski definition) is 4. The van der Waals surface area contributed by atoms with Gasteiger partial charge in [-0.15, -0.1) is 12.3 Å². The lowest BCUT2D eigenvalue weighted by Gasteiger charge is -2.25. The minimum absolute atomic E-state index is 0.00950. The molecule has 0 saturated heterocycles. The van der Waals surface area contributed by atoms with E-state index in [4.69, 9.17) is 15.9 Å². The number of nitrogens with one attached hydrogen (secondary N) is 1. The zero-order valence-electron chi connectivity index (χ0n) is 14.7. The van der Waals surface area contributed by atoms with E-state index in [-0.39, 0.29) is 26.1 Å². The Hall–Kier alpha value is -1.98. The summed E-state index contributed by atoms with van der Waals surface area (Å²) in [6.07, 6.45) is 5.28. The fourth-order valence-corrected chi connectivity index (χ4v) is 2.05. The van der Waals surface area contributed by atoms with Gasteiger partial charge in [0.1, 0.15) is 6.54 Å². The molecule has 5 nitrogen and oxygen atoms in total. The molecule has 23 heavy (non-hydrogen) atoms. The van der Waals surface area contributed by atoms with Gasteiger partial charge in [-0.3, -0.25) is 9.59 Å². The lowest BCUT2D eigenvalue weighted by molar-refractivity contribution is -0.889. The maximum Gasteiger partial charge on any atom is 0.325 e. The highest BCUT2D eigenvalue weighted by Gasteiger charge is 2.48. The minimum Gasteiger partial charge on any atom is -0.465 e. The molecule has 0 aromatic heterocycles. The molecule has 0 spiro atoms. The molecule has 0 aliphatic heterocycles. The molecule has 0 fully saturated rings. The lowest BCUT2D eigenvalue weighted by Crippen LogP contribution is -3.11. The largest absolute Gasteiger partial charge is 0.465 e. The summed E-state index contributed by atoms with van der Waals surface area (Å²) in [4.78, 5) is 26.0. The summed E-state index contributed by atoms with van der Waals surface area (Å²) in [7, 11) is 0. The summed E-state index contributed by atoms with van der Waals surface area (Å²) >= 11 is 0. The van der Waals surface area contributed by atoms with Gasteiger partial charge in [-0.25, -0.2) is 0 Å². The van der Waals surface area contributed by atoms with Crippen molar-refractivity contribution in [2.45, 2.75) is 40.5 Å². The second kappa shape index (κ2) is 11.6. The Labute approximate surface area is 139 Å².